The summed E-state index contributed by atoms with van der Waals surface area (Å²) in [7, 11) is 1.79. The molecule has 1 N–H and O–H groups in total. The zero-order chi connectivity index (χ0) is 14.0. The van der Waals surface area contributed by atoms with E-state index in [0.29, 0.717) is 10.0 Å². The van der Waals surface area contributed by atoms with E-state index in [1.54, 1.807) is 37.4 Å². The standard InChI is InChI=1S/C14H11Cl3FN/c1-19-14(8-2-5-13(18)12(17)6-8)10-7-9(15)3-4-11(10)16/h2-7,14,19H,1H3. The van der Waals surface area contributed by atoms with E-state index in [2.05, 4.69) is 5.32 Å². The molecule has 2 aromatic rings. The highest BCUT2D eigenvalue weighted by molar-refractivity contribution is 6.33. The first-order valence-electron chi connectivity index (χ1n) is 5.60. The van der Waals surface area contributed by atoms with E-state index in [-0.39, 0.29) is 11.1 Å². The zero-order valence-electron chi connectivity index (χ0n) is 10.1. The highest BCUT2D eigenvalue weighted by Crippen LogP contribution is 2.31. The first kappa shape index (κ1) is 14.6. The summed E-state index contributed by atoms with van der Waals surface area (Å²) < 4.78 is 13.2. The molecule has 19 heavy (non-hydrogen) atoms. The summed E-state index contributed by atoms with van der Waals surface area (Å²) in [5.41, 5.74) is 1.64. The molecule has 0 aliphatic carbocycles. The maximum Gasteiger partial charge on any atom is 0.141 e. The highest BCUT2D eigenvalue weighted by atomic mass is 35.5. The molecule has 100 valence electrons. The van der Waals surface area contributed by atoms with Gasteiger partial charge in [0.15, 0.2) is 0 Å². The molecule has 2 aromatic carbocycles. The van der Waals surface area contributed by atoms with Crippen molar-refractivity contribution in [2.75, 3.05) is 7.05 Å². The molecule has 5 heteroatoms. The van der Waals surface area contributed by atoms with Crippen LogP contribution in [0, 0.1) is 5.82 Å². The van der Waals surface area contributed by atoms with Gasteiger partial charge in [0.05, 0.1) is 11.1 Å². The minimum absolute atomic E-state index is 0.0795. The van der Waals surface area contributed by atoms with Gasteiger partial charge in [0.2, 0.25) is 0 Å². The van der Waals surface area contributed by atoms with Crippen molar-refractivity contribution >= 4 is 34.8 Å². The molecule has 1 unspecified atom stereocenters. The normalized spacial score (nSPS) is 12.5. The Morgan fingerprint density at radius 2 is 1.74 bits per heavy atom. The summed E-state index contributed by atoms with van der Waals surface area (Å²) in [5, 5.41) is 4.38. The molecule has 0 saturated carbocycles. The SMILES string of the molecule is CNC(c1ccc(F)c(Cl)c1)c1cc(Cl)ccc1Cl. The Kier molecular flexibility index (Phi) is 4.69. The van der Waals surface area contributed by atoms with Crippen LogP contribution in [0.25, 0.3) is 0 Å². The van der Waals surface area contributed by atoms with E-state index >= 15 is 0 Å². The molecule has 0 aliphatic rings. The number of halogens is 4. The average Bonchev–Trinajstić information content (AvgIpc) is 2.38. The van der Waals surface area contributed by atoms with Crippen LogP contribution in [-0.2, 0) is 0 Å². The number of rotatable bonds is 3. The van der Waals surface area contributed by atoms with Gasteiger partial charge in [-0.3, -0.25) is 0 Å². The second kappa shape index (κ2) is 6.10. The lowest BCUT2D eigenvalue weighted by atomic mass is 9.99. The third-order valence-corrected chi connectivity index (χ3v) is 3.70. The molecule has 0 aromatic heterocycles. The van der Waals surface area contributed by atoms with Crippen LogP contribution in [0.4, 0.5) is 4.39 Å². The molecule has 0 fully saturated rings. The second-order valence-corrected chi connectivity index (χ2v) is 5.31. The summed E-state index contributed by atoms with van der Waals surface area (Å²) >= 11 is 18.0. The predicted molar refractivity (Wildman–Crippen MR) is 78.8 cm³/mol. The first-order chi connectivity index (χ1) is 9.02. The molecular formula is C14H11Cl3FN. The predicted octanol–water partition coefficient (Wildman–Crippen LogP) is 5.09. The number of hydrogen-bond acceptors (Lipinski definition) is 1. The molecule has 0 amide bonds. The molecule has 0 bridgehead atoms. The van der Waals surface area contributed by atoms with Crippen LogP contribution in [-0.4, -0.2) is 7.05 Å². The molecule has 0 saturated heterocycles. The molecule has 0 aliphatic heterocycles. The summed E-state index contributed by atoms with van der Waals surface area (Å²) in [6, 6.07) is 9.61. The van der Waals surface area contributed by atoms with Gasteiger partial charge in [0.1, 0.15) is 5.82 Å². The Bertz CT molecular complexity index is 601. The van der Waals surface area contributed by atoms with Crippen LogP contribution in [0.15, 0.2) is 36.4 Å². The second-order valence-electron chi connectivity index (χ2n) is 4.06. The molecule has 0 heterocycles. The van der Waals surface area contributed by atoms with Crippen molar-refractivity contribution in [1.29, 1.82) is 0 Å². The Hall–Kier alpha value is -0.800. The fourth-order valence-corrected chi connectivity index (χ4v) is 2.53. The minimum atomic E-state index is -0.447. The van der Waals surface area contributed by atoms with Crippen LogP contribution < -0.4 is 5.32 Å². The van der Waals surface area contributed by atoms with E-state index in [1.807, 2.05) is 0 Å². The summed E-state index contributed by atoms with van der Waals surface area (Å²) in [5.74, 6) is -0.447. The molecule has 2 rings (SSSR count). The fourth-order valence-electron chi connectivity index (χ4n) is 1.93. The maximum absolute atomic E-state index is 13.2. The van der Waals surface area contributed by atoms with E-state index in [1.165, 1.54) is 6.07 Å². The van der Waals surface area contributed by atoms with Crippen molar-refractivity contribution in [3.05, 3.63) is 68.4 Å². The molecule has 1 atom stereocenters. The Labute approximate surface area is 126 Å². The molecular weight excluding hydrogens is 308 g/mol. The van der Waals surface area contributed by atoms with Crippen LogP contribution in [0.2, 0.25) is 15.1 Å². The zero-order valence-corrected chi connectivity index (χ0v) is 12.3. The summed E-state index contributed by atoms with van der Waals surface area (Å²) in [6.07, 6.45) is 0. The lowest BCUT2D eigenvalue weighted by Crippen LogP contribution is -2.18. The van der Waals surface area contributed by atoms with Gasteiger partial charge >= 0.3 is 0 Å². The van der Waals surface area contributed by atoms with Crippen molar-refractivity contribution in [3.63, 3.8) is 0 Å². The van der Waals surface area contributed by atoms with E-state index in [4.69, 9.17) is 34.8 Å². The first-order valence-corrected chi connectivity index (χ1v) is 6.73. The van der Waals surface area contributed by atoms with E-state index < -0.39 is 5.82 Å². The van der Waals surface area contributed by atoms with Crippen molar-refractivity contribution in [1.82, 2.24) is 5.32 Å². The van der Waals surface area contributed by atoms with E-state index in [0.717, 1.165) is 11.1 Å². The molecule has 0 radical (unpaired) electrons. The molecule has 1 nitrogen and oxygen atoms in total. The van der Waals surface area contributed by atoms with Gasteiger partial charge in [-0.1, -0.05) is 40.9 Å². The summed E-state index contributed by atoms with van der Waals surface area (Å²) in [4.78, 5) is 0. The van der Waals surface area contributed by atoms with Gasteiger partial charge in [0.25, 0.3) is 0 Å². The van der Waals surface area contributed by atoms with Crippen molar-refractivity contribution in [3.8, 4) is 0 Å². The smallest absolute Gasteiger partial charge is 0.141 e. The van der Waals surface area contributed by atoms with Crippen molar-refractivity contribution < 1.29 is 4.39 Å². The number of benzene rings is 2. The monoisotopic (exact) mass is 317 g/mol. The van der Waals surface area contributed by atoms with Crippen LogP contribution in [0.1, 0.15) is 17.2 Å². The van der Waals surface area contributed by atoms with Crippen molar-refractivity contribution in [2.24, 2.45) is 0 Å². The van der Waals surface area contributed by atoms with Gasteiger partial charge in [0, 0.05) is 10.0 Å². The highest BCUT2D eigenvalue weighted by Gasteiger charge is 2.17. The Morgan fingerprint density at radius 3 is 2.37 bits per heavy atom. The number of hydrogen-bond donors (Lipinski definition) is 1. The third kappa shape index (κ3) is 3.21. The fraction of sp³-hybridized carbons (Fsp3) is 0.143. The Balaban J connectivity index is 2.49. The lowest BCUT2D eigenvalue weighted by Gasteiger charge is -2.19. The summed E-state index contributed by atoms with van der Waals surface area (Å²) in [6.45, 7) is 0. The van der Waals surface area contributed by atoms with Gasteiger partial charge in [-0.2, -0.15) is 0 Å². The van der Waals surface area contributed by atoms with Gasteiger partial charge in [-0.15, -0.1) is 0 Å². The van der Waals surface area contributed by atoms with E-state index in [9.17, 15) is 4.39 Å². The molecule has 0 spiro atoms. The lowest BCUT2D eigenvalue weighted by molar-refractivity contribution is 0.624. The largest absolute Gasteiger partial charge is 0.309 e. The average molecular weight is 319 g/mol. The number of nitrogens with one attached hydrogen (secondary N) is 1. The van der Waals surface area contributed by atoms with Gasteiger partial charge in [-0.05, 0) is 48.5 Å². The van der Waals surface area contributed by atoms with Crippen LogP contribution in [0.3, 0.4) is 0 Å². The quantitative estimate of drug-likeness (QED) is 0.830. The Morgan fingerprint density at radius 1 is 1.00 bits per heavy atom. The minimum Gasteiger partial charge on any atom is -0.309 e. The van der Waals surface area contributed by atoms with Crippen LogP contribution >= 0.6 is 34.8 Å². The van der Waals surface area contributed by atoms with Crippen LogP contribution in [0.5, 0.6) is 0 Å². The van der Waals surface area contributed by atoms with Gasteiger partial charge in [-0.25, -0.2) is 4.39 Å². The van der Waals surface area contributed by atoms with Crippen molar-refractivity contribution in [2.45, 2.75) is 6.04 Å². The maximum atomic E-state index is 13.2. The van der Waals surface area contributed by atoms with Gasteiger partial charge < -0.3 is 5.32 Å². The third-order valence-electron chi connectivity index (χ3n) is 2.83. The topological polar surface area (TPSA) is 12.0 Å².